The van der Waals surface area contributed by atoms with Gasteiger partial charge in [-0.25, -0.2) is 4.98 Å². The van der Waals surface area contributed by atoms with Crippen LogP contribution in [0.4, 0.5) is 0 Å². The number of ether oxygens (including phenoxy) is 1. The molecule has 0 unspecified atom stereocenters. The van der Waals surface area contributed by atoms with Crippen molar-refractivity contribution in [3.8, 4) is 0 Å². The van der Waals surface area contributed by atoms with E-state index in [4.69, 9.17) is 17.0 Å². The average Bonchev–Trinajstić information content (AvgIpc) is 2.29. The second-order valence-electron chi connectivity index (χ2n) is 4.05. The van der Waals surface area contributed by atoms with Crippen LogP contribution in [-0.4, -0.2) is 17.1 Å². The second-order valence-corrected chi connectivity index (χ2v) is 4.43. The number of nitrogens with one attached hydrogen (secondary N) is 1. The predicted octanol–water partition coefficient (Wildman–Crippen LogP) is 3.42. The topological polar surface area (TPSA) is 37.9 Å². The van der Waals surface area contributed by atoms with Crippen LogP contribution < -0.4 is 0 Å². The number of H-pyrrole nitrogens is 1. The molecule has 16 heavy (non-hydrogen) atoms. The number of aromatic amines is 1. The van der Waals surface area contributed by atoms with Gasteiger partial charge in [0.15, 0.2) is 0 Å². The van der Waals surface area contributed by atoms with Crippen molar-refractivity contribution in [2.75, 3.05) is 7.11 Å². The first-order chi connectivity index (χ1) is 7.50. The first-order valence-corrected chi connectivity index (χ1v) is 6.04. The van der Waals surface area contributed by atoms with Gasteiger partial charge in [-0.05, 0) is 26.7 Å². The van der Waals surface area contributed by atoms with Crippen molar-refractivity contribution < 1.29 is 4.74 Å². The normalized spacial score (nSPS) is 11.8. The third-order valence-electron chi connectivity index (χ3n) is 3.37. The van der Waals surface area contributed by atoms with Gasteiger partial charge in [0.05, 0.1) is 0 Å². The molecular formula is C12H20N2OS. The fourth-order valence-electron chi connectivity index (χ4n) is 1.83. The molecule has 1 aromatic heterocycles. The van der Waals surface area contributed by atoms with Crippen molar-refractivity contribution in [1.82, 2.24) is 9.97 Å². The molecule has 1 heterocycles. The van der Waals surface area contributed by atoms with Crippen LogP contribution in [0.25, 0.3) is 0 Å². The fourth-order valence-corrected chi connectivity index (χ4v) is 2.08. The Labute approximate surface area is 102 Å². The van der Waals surface area contributed by atoms with E-state index in [1.54, 1.807) is 7.11 Å². The standard InChI is InChI=1S/C12H20N2OS/c1-6-12(7-2,15-5)11-13-9(4)8(3)10(16)14-11/h6-7H2,1-5H3,(H,13,14,16). The molecule has 1 N–H and O–H groups in total. The lowest BCUT2D eigenvalue weighted by molar-refractivity contribution is -0.0293. The molecule has 0 radical (unpaired) electrons. The summed E-state index contributed by atoms with van der Waals surface area (Å²) in [6, 6.07) is 0. The number of aryl methyl sites for hydroxylation is 1. The molecule has 0 saturated heterocycles. The molecular weight excluding hydrogens is 220 g/mol. The van der Waals surface area contributed by atoms with Crippen LogP contribution in [0.5, 0.6) is 0 Å². The Morgan fingerprint density at radius 3 is 2.25 bits per heavy atom. The molecule has 0 bridgehead atoms. The van der Waals surface area contributed by atoms with Gasteiger partial charge >= 0.3 is 0 Å². The van der Waals surface area contributed by atoms with Crippen molar-refractivity contribution in [3.63, 3.8) is 0 Å². The lowest BCUT2D eigenvalue weighted by Gasteiger charge is -2.29. The second kappa shape index (κ2) is 5.06. The van der Waals surface area contributed by atoms with Gasteiger partial charge in [-0.2, -0.15) is 0 Å². The molecule has 0 fully saturated rings. The maximum Gasteiger partial charge on any atom is 0.140 e. The Kier molecular flexibility index (Phi) is 4.21. The van der Waals surface area contributed by atoms with E-state index < -0.39 is 0 Å². The molecule has 0 aliphatic rings. The lowest BCUT2D eigenvalue weighted by atomic mass is 9.96. The minimum atomic E-state index is -0.341. The highest BCUT2D eigenvalue weighted by Gasteiger charge is 2.30. The number of nitrogens with zero attached hydrogens (tertiary/aromatic N) is 1. The molecule has 3 nitrogen and oxygen atoms in total. The minimum absolute atomic E-state index is 0.341. The number of hydrogen-bond acceptors (Lipinski definition) is 3. The van der Waals surface area contributed by atoms with E-state index in [9.17, 15) is 0 Å². The number of rotatable bonds is 4. The van der Waals surface area contributed by atoms with E-state index in [0.717, 1.165) is 29.9 Å². The van der Waals surface area contributed by atoms with E-state index in [1.165, 1.54) is 0 Å². The first-order valence-electron chi connectivity index (χ1n) is 5.64. The van der Waals surface area contributed by atoms with Crippen LogP contribution in [0.2, 0.25) is 0 Å². The summed E-state index contributed by atoms with van der Waals surface area (Å²) in [5.41, 5.74) is 1.76. The van der Waals surface area contributed by atoms with E-state index in [-0.39, 0.29) is 5.60 Å². The van der Waals surface area contributed by atoms with Crippen LogP contribution in [0.1, 0.15) is 43.8 Å². The molecule has 0 aliphatic carbocycles. The Bertz CT molecular complexity index is 413. The van der Waals surface area contributed by atoms with E-state index in [1.807, 2.05) is 13.8 Å². The molecule has 0 saturated carbocycles. The van der Waals surface area contributed by atoms with Crippen molar-refractivity contribution in [3.05, 3.63) is 21.7 Å². The van der Waals surface area contributed by atoms with Crippen LogP contribution in [-0.2, 0) is 10.3 Å². The Morgan fingerprint density at radius 1 is 1.31 bits per heavy atom. The Morgan fingerprint density at radius 2 is 1.88 bits per heavy atom. The van der Waals surface area contributed by atoms with Gasteiger partial charge in [0.25, 0.3) is 0 Å². The zero-order valence-electron chi connectivity index (χ0n) is 10.7. The molecule has 0 atom stereocenters. The third-order valence-corrected chi connectivity index (χ3v) is 3.76. The number of hydrogen-bond donors (Lipinski definition) is 1. The molecule has 0 amide bonds. The molecule has 1 aromatic rings. The van der Waals surface area contributed by atoms with Gasteiger partial charge in [-0.3, -0.25) is 0 Å². The largest absolute Gasteiger partial charge is 0.370 e. The van der Waals surface area contributed by atoms with Crippen molar-refractivity contribution in [2.45, 2.75) is 46.1 Å². The highest BCUT2D eigenvalue weighted by atomic mass is 32.1. The van der Waals surface area contributed by atoms with Crippen molar-refractivity contribution in [1.29, 1.82) is 0 Å². The summed E-state index contributed by atoms with van der Waals surface area (Å²) < 4.78 is 6.29. The molecule has 1 rings (SSSR count). The lowest BCUT2D eigenvalue weighted by Crippen LogP contribution is -2.30. The summed E-state index contributed by atoms with van der Waals surface area (Å²) in [5, 5.41) is 0. The van der Waals surface area contributed by atoms with Gasteiger partial charge in [0.1, 0.15) is 16.1 Å². The van der Waals surface area contributed by atoms with Gasteiger partial charge in [0, 0.05) is 18.4 Å². The first kappa shape index (κ1) is 13.3. The monoisotopic (exact) mass is 240 g/mol. The van der Waals surface area contributed by atoms with Crippen LogP contribution >= 0.6 is 12.2 Å². The summed E-state index contributed by atoms with van der Waals surface area (Å²) in [6.45, 7) is 8.20. The summed E-state index contributed by atoms with van der Waals surface area (Å²) in [6.07, 6.45) is 1.75. The molecule has 4 heteroatoms. The van der Waals surface area contributed by atoms with Gasteiger partial charge in [-0.1, -0.05) is 26.1 Å². The molecule has 0 aromatic carbocycles. The predicted molar refractivity (Wildman–Crippen MR) is 68.2 cm³/mol. The molecule has 90 valence electrons. The van der Waals surface area contributed by atoms with Crippen LogP contribution in [0, 0.1) is 18.5 Å². The fraction of sp³-hybridized carbons (Fsp3) is 0.667. The molecule has 0 aliphatic heterocycles. The van der Waals surface area contributed by atoms with E-state index in [2.05, 4.69) is 23.8 Å². The zero-order chi connectivity index (χ0) is 12.3. The Balaban J connectivity index is 3.37. The van der Waals surface area contributed by atoms with E-state index in [0.29, 0.717) is 4.64 Å². The third kappa shape index (κ3) is 2.18. The summed E-state index contributed by atoms with van der Waals surface area (Å²) in [7, 11) is 1.72. The quantitative estimate of drug-likeness (QED) is 0.819. The van der Waals surface area contributed by atoms with Gasteiger partial charge < -0.3 is 9.72 Å². The van der Waals surface area contributed by atoms with Gasteiger partial charge in [-0.15, -0.1) is 0 Å². The van der Waals surface area contributed by atoms with Crippen molar-refractivity contribution >= 4 is 12.2 Å². The minimum Gasteiger partial charge on any atom is -0.370 e. The molecule has 0 spiro atoms. The number of aromatic nitrogens is 2. The average molecular weight is 240 g/mol. The van der Waals surface area contributed by atoms with Gasteiger partial charge in [0.2, 0.25) is 0 Å². The zero-order valence-corrected chi connectivity index (χ0v) is 11.5. The summed E-state index contributed by atoms with van der Waals surface area (Å²) >= 11 is 5.25. The Hall–Kier alpha value is -0.740. The highest BCUT2D eigenvalue weighted by molar-refractivity contribution is 7.71. The van der Waals surface area contributed by atoms with Crippen LogP contribution in [0.15, 0.2) is 0 Å². The smallest absolute Gasteiger partial charge is 0.140 e. The van der Waals surface area contributed by atoms with Crippen molar-refractivity contribution in [2.24, 2.45) is 0 Å². The number of methoxy groups -OCH3 is 1. The maximum absolute atomic E-state index is 5.63. The van der Waals surface area contributed by atoms with Crippen LogP contribution in [0.3, 0.4) is 0 Å². The van der Waals surface area contributed by atoms with E-state index >= 15 is 0 Å². The summed E-state index contributed by atoms with van der Waals surface area (Å²) in [5.74, 6) is 0.841. The summed E-state index contributed by atoms with van der Waals surface area (Å²) in [4.78, 5) is 7.76. The highest BCUT2D eigenvalue weighted by Crippen LogP contribution is 2.30. The maximum atomic E-state index is 5.63. The SMILES string of the molecule is CCC(CC)(OC)c1nc(=S)c(C)c(C)[nH]1.